The maximum atomic E-state index is 13.0. The molecule has 1 fully saturated rings. The van der Waals surface area contributed by atoms with Gasteiger partial charge in [0.25, 0.3) is 5.56 Å². The van der Waals surface area contributed by atoms with Crippen LogP contribution in [-0.4, -0.2) is 43.2 Å². The van der Waals surface area contributed by atoms with Crippen molar-refractivity contribution in [3.8, 4) is 11.5 Å². The van der Waals surface area contributed by atoms with Crippen LogP contribution in [0.1, 0.15) is 12.8 Å². The molecule has 3 aromatic rings. The van der Waals surface area contributed by atoms with Gasteiger partial charge in [0.15, 0.2) is 5.82 Å². The molecule has 2 N–H and O–H groups in total. The molecule has 162 valence electrons. The van der Waals surface area contributed by atoms with Gasteiger partial charge >= 0.3 is 0 Å². The van der Waals surface area contributed by atoms with E-state index in [-0.39, 0.29) is 17.4 Å². The van der Waals surface area contributed by atoms with Crippen molar-refractivity contribution in [1.29, 1.82) is 0 Å². The van der Waals surface area contributed by atoms with Crippen molar-refractivity contribution in [2.75, 3.05) is 37.5 Å². The summed E-state index contributed by atoms with van der Waals surface area (Å²) < 4.78 is 10.6. The lowest BCUT2D eigenvalue weighted by molar-refractivity contribution is -0.120. The number of aromatic amines is 1. The van der Waals surface area contributed by atoms with Gasteiger partial charge in [-0.15, -0.1) is 0 Å². The molecule has 8 nitrogen and oxygen atoms in total. The molecule has 1 saturated heterocycles. The maximum Gasteiger partial charge on any atom is 0.291 e. The first kappa shape index (κ1) is 21.0. The maximum absolute atomic E-state index is 13.0. The monoisotopic (exact) mass is 442 g/mol. The van der Waals surface area contributed by atoms with E-state index in [4.69, 9.17) is 21.1 Å². The Morgan fingerprint density at radius 1 is 1.23 bits per heavy atom. The number of hydrogen-bond donors (Lipinski definition) is 2. The van der Waals surface area contributed by atoms with Crippen molar-refractivity contribution >= 4 is 40.0 Å². The van der Waals surface area contributed by atoms with Crippen LogP contribution in [0.5, 0.6) is 11.5 Å². The van der Waals surface area contributed by atoms with E-state index in [1.807, 2.05) is 29.2 Å². The summed E-state index contributed by atoms with van der Waals surface area (Å²) in [6.45, 7) is 1.06. The number of para-hydroxylation sites is 2. The number of fused-ring (bicyclic) bond motifs is 1. The fraction of sp³-hybridized carbons (Fsp3) is 0.318. The van der Waals surface area contributed by atoms with Gasteiger partial charge in [0, 0.05) is 19.2 Å². The molecular formula is C22H23ClN4O4. The predicted octanol–water partition coefficient (Wildman–Crippen LogP) is 3.45. The molecule has 0 spiro atoms. The summed E-state index contributed by atoms with van der Waals surface area (Å²) in [5, 5.41) is 3.27. The van der Waals surface area contributed by atoms with Crippen LogP contribution in [0.3, 0.4) is 0 Å². The molecule has 1 aromatic heterocycles. The Bertz CT molecular complexity index is 1180. The molecule has 0 saturated carbocycles. The molecule has 1 atom stereocenters. The molecule has 0 radical (unpaired) electrons. The predicted molar refractivity (Wildman–Crippen MR) is 120 cm³/mol. The van der Waals surface area contributed by atoms with Gasteiger partial charge in [-0.3, -0.25) is 9.59 Å². The molecule has 1 aliphatic rings. The number of benzene rings is 2. The molecule has 2 heterocycles. The third-order valence-corrected chi connectivity index (χ3v) is 5.70. The lowest BCUT2D eigenvalue weighted by Gasteiger charge is -2.32. The van der Waals surface area contributed by atoms with Crippen molar-refractivity contribution < 1.29 is 14.3 Å². The van der Waals surface area contributed by atoms with Gasteiger partial charge in [0.05, 0.1) is 41.9 Å². The van der Waals surface area contributed by atoms with Crippen LogP contribution in [0.25, 0.3) is 11.0 Å². The molecule has 0 aliphatic carbocycles. The minimum atomic E-state index is -0.313. The minimum absolute atomic E-state index is 0.165. The van der Waals surface area contributed by atoms with Gasteiger partial charge in [0.2, 0.25) is 5.91 Å². The third kappa shape index (κ3) is 4.29. The summed E-state index contributed by atoms with van der Waals surface area (Å²) in [5.74, 6) is 0.770. The molecule has 31 heavy (non-hydrogen) atoms. The van der Waals surface area contributed by atoms with Crippen LogP contribution in [0, 0.1) is 5.92 Å². The van der Waals surface area contributed by atoms with E-state index in [1.54, 1.807) is 12.1 Å². The van der Waals surface area contributed by atoms with Crippen molar-refractivity contribution in [3.05, 3.63) is 51.8 Å². The fourth-order valence-electron chi connectivity index (χ4n) is 3.81. The summed E-state index contributed by atoms with van der Waals surface area (Å²) >= 11 is 6.21. The zero-order chi connectivity index (χ0) is 22.0. The number of anilines is 2. The molecule has 2 aromatic carbocycles. The number of rotatable bonds is 5. The van der Waals surface area contributed by atoms with Crippen LogP contribution in [0.4, 0.5) is 11.5 Å². The molecule has 9 heteroatoms. The Morgan fingerprint density at radius 3 is 2.77 bits per heavy atom. The highest BCUT2D eigenvalue weighted by Crippen LogP contribution is 2.36. The van der Waals surface area contributed by atoms with Crippen LogP contribution in [0.15, 0.2) is 41.2 Å². The van der Waals surface area contributed by atoms with Crippen molar-refractivity contribution in [2.24, 2.45) is 5.92 Å². The van der Waals surface area contributed by atoms with E-state index in [0.29, 0.717) is 58.6 Å². The van der Waals surface area contributed by atoms with Gasteiger partial charge in [-0.2, -0.15) is 0 Å². The number of nitrogens with zero attached hydrogens (tertiary/aromatic N) is 2. The number of halogens is 1. The third-order valence-electron chi connectivity index (χ3n) is 5.41. The minimum Gasteiger partial charge on any atom is -0.495 e. The fourth-order valence-corrected chi connectivity index (χ4v) is 4.05. The SMILES string of the molecule is COc1cc(OC)c(NC(=O)C2CCCN(c3nc4ccccc4[nH]c3=O)C2)cc1Cl. The van der Waals surface area contributed by atoms with Gasteiger partial charge in [-0.1, -0.05) is 23.7 Å². The van der Waals surface area contributed by atoms with E-state index >= 15 is 0 Å². The summed E-state index contributed by atoms with van der Waals surface area (Å²) in [6.07, 6.45) is 1.48. The Kier molecular flexibility index (Phi) is 5.99. The van der Waals surface area contributed by atoms with Gasteiger partial charge in [-0.25, -0.2) is 4.98 Å². The first-order chi connectivity index (χ1) is 15.0. The average Bonchev–Trinajstić information content (AvgIpc) is 2.79. The number of methoxy groups -OCH3 is 2. The molecule has 4 rings (SSSR count). The van der Waals surface area contributed by atoms with Crippen molar-refractivity contribution in [2.45, 2.75) is 12.8 Å². The standard InChI is InChI=1S/C22H23ClN4O4/c1-30-18-11-19(31-2)17(10-14(18)23)26-21(28)13-6-5-9-27(12-13)20-22(29)25-16-8-4-3-7-15(16)24-20/h3-4,7-8,10-11,13H,5-6,9,12H2,1-2H3,(H,25,29)(H,26,28). The van der Waals surface area contributed by atoms with Gasteiger partial charge in [0.1, 0.15) is 11.5 Å². The molecule has 1 unspecified atom stereocenters. The van der Waals surface area contributed by atoms with Crippen LogP contribution < -0.4 is 25.2 Å². The number of hydrogen-bond acceptors (Lipinski definition) is 6. The quantitative estimate of drug-likeness (QED) is 0.628. The van der Waals surface area contributed by atoms with Crippen LogP contribution >= 0.6 is 11.6 Å². The van der Waals surface area contributed by atoms with Gasteiger partial charge in [-0.05, 0) is 31.0 Å². The number of carbonyl (C=O) groups excluding carboxylic acids is 1. The Morgan fingerprint density at radius 2 is 2.00 bits per heavy atom. The number of piperidine rings is 1. The topological polar surface area (TPSA) is 96.6 Å². The molecular weight excluding hydrogens is 420 g/mol. The summed E-state index contributed by atoms with van der Waals surface area (Å²) in [4.78, 5) is 34.9. The second kappa shape index (κ2) is 8.85. The van der Waals surface area contributed by atoms with E-state index in [2.05, 4.69) is 15.3 Å². The number of aromatic nitrogens is 2. The highest BCUT2D eigenvalue weighted by Gasteiger charge is 2.28. The first-order valence-corrected chi connectivity index (χ1v) is 10.3. The zero-order valence-corrected chi connectivity index (χ0v) is 18.0. The Balaban J connectivity index is 1.54. The second-order valence-electron chi connectivity index (χ2n) is 7.37. The highest BCUT2D eigenvalue weighted by atomic mass is 35.5. The summed E-state index contributed by atoms with van der Waals surface area (Å²) in [5.41, 5.74) is 1.60. The second-order valence-corrected chi connectivity index (χ2v) is 7.78. The number of amides is 1. The van der Waals surface area contributed by atoms with Crippen LogP contribution in [0.2, 0.25) is 5.02 Å². The molecule has 1 aliphatic heterocycles. The summed E-state index contributed by atoms with van der Waals surface area (Å²) in [6, 6.07) is 10.6. The van der Waals surface area contributed by atoms with Gasteiger partial charge < -0.3 is 24.7 Å². The van der Waals surface area contributed by atoms with Crippen molar-refractivity contribution in [1.82, 2.24) is 9.97 Å². The van der Waals surface area contributed by atoms with E-state index < -0.39 is 0 Å². The number of carbonyl (C=O) groups is 1. The first-order valence-electron chi connectivity index (χ1n) is 9.96. The van der Waals surface area contributed by atoms with Crippen LogP contribution in [-0.2, 0) is 4.79 Å². The number of ether oxygens (including phenoxy) is 2. The molecule has 0 bridgehead atoms. The largest absolute Gasteiger partial charge is 0.495 e. The summed E-state index contributed by atoms with van der Waals surface area (Å²) in [7, 11) is 3.02. The Hall–Kier alpha value is -3.26. The normalized spacial score (nSPS) is 16.2. The lowest BCUT2D eigenvalue weighted by atomic mass is 9.97. The van der Waals surface area contributed by atoms with E-state index in [0.717, 1.165) is 6.42 Å². The lowest BCUT2D eigenvalue weighted by Crippen LogP contribution is -2.43. The zero-order valence-electron chi connectivity index (χ0n) is 17.3. The Labute approximate surface area is 184 Å². The van der Waals surface area contributed by atoms with E-state index in [9.17, 15) is 9.59 Å². The van der Waals surface area contributed by atoms with Crippen molar-refractivity contribution in [3.63, 3.8) is 0 Å². The van der Waals surface area contributed by atoms with E-state index in [1.165, 1.54) is 14.2 Å². The number of nitrogens with one attached hydrogen (secondary N) is 2. The highest BCUT2D eigenvalue weighted by molar-refractivity contribution is 6.32. The smallest absolute Gasteiger partial charge is 0.291 e. The molecule has 1 amide bonds. The average molecular weight is 443 g/mol. The number of H-pyrrole nitrogens is 1.